The zero-order valence-corrected chi connectivity index (χ0v) is 27.0. The summed E-state index contributed by atoms with van der Waals surface area (Å²) in [5, 5.41) is 5.10. The quantitative estimate of drug-likeness (QED) is 0.230. The van der Waals surface area contributed by atoms with Crippen molar-refractivity contribution in [3.63, 3.8) is 0 Å². The lowest BCUT2D eigenvalue weighted by molar-refractivity contribution is -0.132. The maximum Gasteiger partial charge on any atom is 0.322 e. The number of methoxy groups -OCH3 is 2. The molecule has 0 saturated carbocycles. The van der Waals surface area contributed by atoms with E-state index >= 15 is 0 Å². The van der Waals surface area contributed by atoms with Crippen molar-refractivity contribution in [1.29, 1.82) is 0 Å². The smallest absolute Gasteiger partial charge is 0.322 e. The summed E-state index contributed by atoms with van der Waals surface area (Å²) in [7, 11) is 3.24. The molecule has 8 nitrogen and oxygen atoms in total. The van der Waals surface area contributed by atoms with E-state index in [-0.39, 0.29) is 18.5 Å². The lowest BCUT2D eigenvalue weighted by Gasteiger charge is -2.29. The molecule has 232 valence electrons. The van der Waals surface area contributed by atoms with Crippen LogP contribution in [-0.4, -0.2) is 80.1 Å². The molecule has 43 heavy (non-hydrogen) atoms. The Balaban J connectivity index is 1.50. The standard InChI is InChI=1S/C34H46N4O4S/c1-25(2)28-9-11-29(12-10-28)35-34(40)38(20-19-36-16-6-7-17-36)24-33(39)37(23-32-26(3)15-21-43-32)18-14-27-8-13-30(41-4)31(22-27)42-5/h8-13,15,21-22,25H,6-7,14,16-20,23-24H2,1-5H3,(H,35,40). The highest BCUT2D eigenvalue weighted by Gasteiger charge is 2.24. The molecular formula is C34H46N4O4S. The van der Waals surface area contributed by atoms with Crippen LogP contribution in [0, 0.1) is 6.92 Å². The van der Waals surface area contributed by atoms with Gasteiger partial charge in [-0.15, -0.1) is 11.3 Å². The zero-order valence-electron chi connectivity index (χ0n) is 26.2. The molecule has 1 aromatic heterocycles. The molecule has 0 bridgehead atoms. The molecule has 1 fully saturated rings. The van der Waals surface area contributed by atoms with Crippen LogP contribution < -0.4 is 14.8 Å². The fourth-order valence-corrected chi connectivity index (χ4v) is 6.19. The molecule has 9 heteroatoms. The molecule has 0 unspecified atom stereocenters. The van der Waals surface area contributed by atoms with E-state index in [0.29, 0.717) is 43.5 Å². The largest absolute Gasteiger partial charge is 0.493 e. The fourth-order valence-electron chi connectivity index (χ4n) is 5.27. The van der Waals surface area contributed by atoms with Crippen molar-refractivity contribution in [3.05, 3.63) is 75.5 Å². The highest BCUT2D eigenvalue weighted by Crippen LogP contribution is 2.28. The fraction of sp³-hybridized carbons (Fsp3) is 0.471. The van der Waals surface area contributed by atoms with Crippen LogP contribution in [0.15, 0.2) is 53.9 Å². The van der Waals surface area contributed by atoms with Gasteiger partial charge in [0, 0.05) is 30.2 Å². The number of rotatable bonds is 14. The van der Waals surface area contributed by atoms with Crippen LogP contribution in [0.1, 0.15) is 54.2 Å². The summed E-state index contributed by atoms with van der Waals surface area (Å²) in [5.41, 5.74) is 4.16. The van der Waals surface area contributed by atoms with E-state index in [2.05, 4.69) is 42.4 Å². The summed E-state index contributed by atoms with van der Waals surface area (Å²) in [6.45, 7) is 10.7. The average molecular weight is 607 g/mol. The molecule has 1 aliphatic heterocycles. The van der Waals surface area contributed by atoms with Gasteiger partial charge in [-0.3, -0.25) is 4.79 Å². The van der Waals surface area contributed by atoms with Gasteiger partial charge in [0.15, 0.2) is 11.5 Å². The Hall–Kier alpha value is -3.56. The van der Waals surface area contributed by atoms with Crippen molar-refractivity contribution < 1.29 is 19.1 Å². The number of likely N-dealkylation sites (tertiary alicyclic amines) is 1. The van der Waals surface area contributed by atoms with E-state index < -0.39 is 0 Å². The van der Waals surface area contributed by atoms with Crippen molar-refractivity contribution in [2.45, 2.75) is 52.5 Å². The molecule has 3 amide bonds. The van der Waals surface area contributed by atoms with Gasteiger partial charge in [0.05, 0.1) is 20.8 Å². The summed E-state index contributed by atoms with van der Waals surface area (Å²) >= 11 is 1.66. The Labute approximate surface area is 260 Å². The number of hydrogen-bond acceptors (Lipinski definition) is 6. The number of ether oxygens (including phenoxy) is 2. The van der Waals surface area contributed by atoms with Crippen LogP contribution in [0.3, 0.4) is 0 Å². The second-order valence-corrected chi connectivity index (χ2v) is 12.5. The summed E-state index contributed by atoms with van der Waals surface area (Å²) in [5.74, 6) is 1.68. The van der Waals surface area contributed by atoms with Gasteiger partial charge in [-0.25, -0.2) is 4.79 Å². The summed E-state index contributed by atoms with van der Waals surface area (Å²) in [6, 6.07) is 15.6. The molecule has 0 spiro atoms. The molecule has 1 aliphatic rings. The van der Waals surface area contributed by atoms with Gasteiger partial charge >= 0.3 is 6.03 Å². The SMILES string of the molecule is COc1ccc(CCN(Cc2sccc2C)C(=O)CN(CCN2CCCC2)C(=O)Nc2ccc(C(C)C)cc2)cc1OC. The van der Waals surface area contributed by atoms with E-state index in [1.165, 1.54) is 24.0 Å². The third-order valence-electron chi connectivity index (χ3n) is 8.10. The maximum absolute atomic E-state index is 14.0. The Bertz CT molecular complexity index is 1330. The Kier molecular flexibility index (Phi) is 11.9. The predicted molar refractivity (Wildman–Crippen MR) is 175 cm³/mol. The van der Waals surface area contributed by atoms with Gasteiger partial charge in [-0.05, 0) is 97.6 Å². The van der Waals surface area contributed by atoms with Crippen LogP contribution in [0.4, 0.5) is 10.5 Å². The van der Waals surface area contributed by atoms with E-state index in [1.807, 2.05) is 47.4 Å². The topological polar surface area (TPSA) is 74.4 Å². The monoisotopic (exact) mass is 606 g/mol. The number of carbonyl (C=O) groups is 2. The number of nitrogens with one attached hydrogen (secondary N) is 1. The van der Waals surface area contributed by atoms with Gasteiger partial charge in [0.2, 0.25) is 5.91 Å². The minimum Gasteiger partial charge on any atom is -0.493 e. The van der Waals surface area contributed by atoms with Crippen molar-refractivity contribution in [2.75, 3.05) is 58.8 Å². The number of benzene rings is 2. The van der Waals surface area contributed by atoms with Crippen LogP contribution in [-0.2, 0) is 17.8 Å². The molecule has 0 radical (unpaired) electrons. The van der Waals surface area contributed by atoms with Crippen LogP contribution >= 0.6 is 11.3 Å². The van der Waals surface area contributed by atoms with E-state index in [9.17, 15) is 9.59 Å². The van der Waals surface area contributed by atoms with Crippen LogP contribution in [0.25, 0.3) is 0 Å². The van der Waals surface area contributed by atoms with E-state index in [1.54, 1.807) is 30.5 Å². The maximum atomic E-state index is 14.0. The van der Waals surface area contributed by atoms with Gasteiger partial charge in [0.25, 0.3) is 0 Å². The molecule has 1 N–H and O–H groups in total. The van der Waals surface area contributed by atoms with Crippen molar-refractivity contribution in [2.24, 2.45) is 0 Å². The highest BCUT2D eigenvalue weighted by atomic mass is 32.1. The number of thiophene rings is 1. The van der Waals surface area contributed by atoms with Crippen LogP contribution in [0.2, 0.25) is 0 Å². The second kappa shape index (κ2) is 15.8. The van der Waals surface area contributed by atoms with Gasteiger partial charge < -0.3 is 29.5 Å². The summed E-state index contributed by atoms with van der Waals surface area (Å²) in [4.78, 5) is 34.6. The number of aryl methyl sites for hydroxylation is 1. The second-order valence-electron chi connectivity index (χ2n) is 11.5. The summed E-state index contributed by atoms with van der Waals surface area (Å²) in [6.07, 6.45) is 3.01. The number of carbonyl (C=O) groups excluding carboxylic acids is 2. The molecule has 2 heterocycles. The third-order valence-corrected chi connectivity index (χ3v) is 9.11. The lowest BCUT2D eigenvalue weighted by atomic mass is 10.0. The molecule has 2 aromatic carbocycles. The van der Waals surface area contributed by atoms with Crippen molar-refractivity contribution in [3.8, 4) is 11.5 Å². The van der Waals surface area contributed by atoms with Gasteiger partial charge in [-0.1, -0.05) is 32.0 Å². The highest BCUT2D eigenvalue weighted by molar-refractivity contribution is 7.10. The lowest BCUT2D eigenvalue weighted by Crippen LogP contribution is -2.47. The number of nitrogens with zero attached hydrogens (tertiary/aromatic N) is 3. The summed E-state index contributed by atoms with van der Waals surface area (Å²) < 4.78 is 10.9. The Morgan fingerprint density at radius 3 is 2.30 bits per heavy atom. The first kappa shape index (κ1) is 32.4. The van der Waals surface area contributed by atoms with Crippen molar-refractivity contribution >= 4 is 29.0 Å². The number of hydrogen-bond donors (Lipinski definition) is 1. The van der Waals surface area contributed by atoms with E-state index in [0.717, 1.165) is 35.8 Å². The molecule has 0 atom stereocenters. The molecule has 0 aliphatic carbocycles. The van der Waals surface area contributed by atoms with Crippen molar-refractivity contribution in [1.82, 2.24) is 14.7 Å². The number of amides is 3. The molecular weight excluding hydrogens is 560 g/mol. The Morgan fingerprint density at radius 2 is 1.67 bits per heavy atom. The molecule has 1 saturated heterocycles. The first-order chi connectivity index (χ1) is 20.8. The predicted octanol–water partition coefficient (Wildman–Crippen LogP) is 6.40. The van der Waals surface area contributed by atoms with Gasteiger partial charge in [-0.2, -0.15) is 0 Å². The minimum atomic E-state index is -0.253. The number of anilines is 1. The van der Waals surface area contributed by atoms with Gasteiger partial charge in [0.1, 0.15) is 6.54 Å². The first-order valence-corrected chi connectivity index (χ1v) is 16.0. The molecule has 3 aromatic rings. The number of urea groups is 1. The van der Waals surface area contributed by atoms with E-state index in [4.69, 9.17) is 9.47 Å². The normalized spacial score (nSPS) is 13.3. The Morgan fingerprint density at radius 1 is 0.953 bits per heavy atom. The molecule has 4 rings (SSSR count). The van der Waals surface area contributed by atoms with Crippen LogP contribution in [0.5, 0.6) is 11.5 Å². The minimum absolute atomic E-state index is 0.0140. The average Bonchev–Trinajstić information content (AvgIpc) is 3.68. The first-order valence-electron chi connectivity index (χ1n) is 15.2. The third kappa shape index (κ3) is 9.21. The zero-order chi connectivity index (χ0) is 30.8.